The molecule has 0 bridgehead atoms. The lowest BCUT2D eigenvalue weighted by molar-refractivity contribution is 0.100. The van der Waals surface area contributed by atoms with Crippen molar-refractivity contribution >= 4 is 17.5 Å². The summed E-state index contributed by atoms with van der Waals surface area (Å²) in [7, 11) is 0. The Morgan fingerprint density at radius 2 is 1.74 bits per heavy atom. The number of nitrogens with two attached hydrogens (primary N) is 1. The molecule has 0 saturated heterocycles. The molecule has 0 atom stereocenters. The number of carbonyl (C=O) groups excluding carboxylic acids is 1. The van der Waals surface area contributed by atoms with Gasteiger partial charge in [0.05, 0.1) is 0 Å². The first kappa shape index (κ1) is 13.6. The van der Waals surface area contributed by atoms with Crippen LogP contribution >= 0.6 is 11.6 Å². The highest BCUT2D eigenvalue weighted by atomic mass is 35.5. The molecule has 2 rings (SSSR count). The van der Waals surface area contributed by atoms with E-state index in [1.807, 2.05) is 36.4 Å². The number of hydrogen-bond donors (Lipinski definition) is 2. The van der Waals surface area contributed by atoms with Gasteiger partial charge in [-0.25, -0.2) is 0 Å². The summed E-state index contributed by atoms with van der Waals surface area (Å²) in [6, 6.07) is 15.0. The van der Waals surface area contributed by atoms with Crippen LogP contribution < -0.4 is 11.1 Å². The molecular formula is C15H15ClN2O. The Balaban J connectivity index is 1.87. The van der Waals surface area contributed by atoms with Crippen LogP contribution in [0.5, 0.6) is 0 Å². The summed E-state index contributed by atoms with van der Waals surface area (Å²) in [6.07, 6.45) is 0. The molecular weight excluding hydrogens is 260 g/mol. The maximum absolute atomic E-state index is 10.9. The maximum Gasteiger partial charge on any atom is 0.248 e. The fraction of sp³-hybridized carbons (Fsp3) is 0.133. The predicted octanol–water partition coefficient (Wildman–Crippen LogP) is 2.73. The van der Waals surface area contributed by atoms with E-state index < -0.39 is 5.91 Å². The molecule has 0 aliphatic rings. The molecule has 0 aromatic heterocycles. The summed E-state index contributed by atoms with van der Waals surface area (Å²) in [6.45, 7) is 1.48. The SMILES string of the molecule is NC(=O)c1ccc(CNCc2cccc(Cl)c2)cc1. The van der Waals surface area contributed by atoms with Crippen molar-refractivity contribution in [2.75, 3.05) is 0 Å². The monoisotopic (exact) mass is 274 g/mol. The Bertz CT molecular complexity index is 567. The van der Waals surface area contributed by atoms with E-state index in [0.717, 1.165) is 29.2 Å². The fourth-order valence-electron chi connectivity index (χ4n) is 1.78. The first-order chi connectivity index (χ1) is 9.15. The van der Waals surface area contributed by atoms with E-state index in [2.05, 4.69) is 5.32 Å². The van der Waals surface area contributed by atoms with E-state index in [0.29, 0.717) is 5.56 Å². The Morgan fingerprint density at radius 3 is 2.37 bits per heavy atom. The number of amides is 1. The van der Waals surface area contributed by atoms with Crippen molar-refractivity contribution in [1.82, 2.24) is 5.32 Å². The van der Waals surface area contributed by atoms with Gasteiger partial charge in [-0.3, -0.25) is 4.79 Å². The molecule has 0 aliphatic carbocycles. The Hall–Kier alpha value is -1.84. The topological polar surface area (TPSA) is 55.1 Å². The average Bonchev–Trinajstić information content (AvgIpc) is 2.39. The molecule has 3 N–H and O–H groups in total. The summed E-state index contributed by atoms with van der Waals surface area (Å²) in [5, 5.41) is 4.06. The molecule has 2 aromatic carbocycles. The standard InChI is InChI=1S/C15H15ClN2O/c16-14-3-1-2-12(8-14)10-18-9-11-4-6-13(7-5-11)15(17)19/h1-8,18H,9-10H2,(H2,17,19). The molecule has 0 radical (unpaired) electrons. The highest BCUT2D eigenvalue weighted by Gasteiger charge is 2.00. The van der Waals surface area contributed by atoms with Gasteiger partial charge in [0.1, 0.15) is 0 Å². The van der Waals surface area contributed by atoms with E-state index in [-0.39, 0.29) is 0 Å². The van der Waals surface area contributed by atoms with Gasteiger partial charge in [0.15, 0.2) is 0 Å². The summed E-state index contributed by atoms with van der Waals surface area (Å²) in [5.74, 6) is -0.404. The largest absolute Gasteiger partial charge is 0.366 e. The van der Waals surface area contributed by atoms with Crippen LogP contribution in [0.15, 0.2) is 48.5 Å². The predicted molar refractivity (Wildman–Crippen MR) is 77.0 cm³/mol. The molecule has 0 heterocycles. The van der Waals surface area contributed by atoms with Crippen LogP contribution in [0.2, 0.25) is 5.02 Å². The van der Waals surface area contributed by atoms with Gasteiger partial charge in [0.2, 0.25) is 5.91 Å². The van der Waals surface area contributed by atoms with Gasteiger partial charge in [-0.05, 0) is 35.4 Å². The molecule has 0 unspecified atom stereocenters. The first-order valence-corrected chi connectivity index (χ1v) is 6.37. The Kier molecular flexibility index (Phi) is 4.55. The van der Waals surface area contributed by atoms with Gasteiger partial charge in [0, 0.05) is 23.7 Å². The average molecular weight is 275 g/mol. The van der Waals surface area contributed by atoms with E-state index in [4.69, 9.17) is 17.3 Å². The highest BCUT2D eigenvalue weighted by molar-refractivity contribution is 6.30. The van der Waals surface area contributed by atoms with Gasteiger partial charge in [0.25, 0.3) is 0 Å². The Morgan fingerprint density at radius 1 is 1.05 bits per heavy atom. The van der Waals surface area contributed by atoms with Crippen molar-refractivity contribution in [3.8, 4) is 0 Å². The van der Waals surface area contributed by atoms with E-state index >= 15 is 0 Å². The first-order valence-electron chi connectivity index (χ1n) is 5.99. The summed E-state index contributed by atoms with van der Waals surface area (Å²) in [5.41, 5.74) is 7.96. The molecule has 0 spiro atoms. The molecule has 2 aromatic rings. The number of benzene rings is 2. The second kappa shape index (κ2) is 6.36. The molecule has 0 fully saturated rings. The number of nitrogens with one attached hydrogen (secondary N) is 1. The van der Waals surface area contributed by atoms with Crippen LogP contribution in [0.1, 0.15) is 21.5 Å². The van der Waals surface area contributed by atoms with Crippen molar-refractivity contribution in [3.63, 3.8) is 0 Å². The molecule has 1 amide bonds. The summed E-state index contributed by atoms with van der Waals surface area (Å²) >= 11 is 5.92. The molecule has 4 heteroatoms. The molecule has 0 aliphatic heterocycles. The molecule has 3 nitrogen and oxygen atoms in total. The number of rotatable bonds is 5. The zero-order valence-corrected chi connectivity index (χ0v) is 11.2. The van der Waals surface area contributed by atoms with Crippen molar-refractivity contribution in [3.05, 3.63) is 70.2 Å². The quantitative estimate of drug-likeness (QED) is 0.881. The van der Waals surface area contributed by atoms with Gasteiger partial charge in [-0.2, -0.15) is 0 Å². The number of halogens is 1. The third-order valence-electron chi connectivity index (χ3n) is 2.79. The van der Waals surface area contributed by atoms with Crippen LogP contribution in [-0.2, 0) is 13.1 Å². The zero-order chi connectivity index (χ0) is 13.7. The minimum Gasteiger partial charge on any atom is -0.366 e. The van der Waals surface area contributed by atoms with Crippen LogP contribution in [0.4, 0.5) is 0 Å². The van der Waals surface area contributed by atoms with Gasteiger partial charge >= 0.3 is 0 Å². The van der Waals surface area contributed by atoms with Gasteiger partial charge in [-0.1, -0.05) is 35.9 Å². The maximum atomic E-state index is 10.9. The molecule has 98 valence electrons. The summed E-state index contributed by atoms with van der Waals surface area (Å²) < 4.78 is 0. The minimum absolute atomic E-state index is 0.404. The normalized spacial score (nSPS) is 10.4. The third kappa shape index (κ3) is 4.09. The van der Waals surface area contributed by atoms with Gasteiger partial charge in [-0.15, -0.1) is 0 Å². The smallest absolute Gasteiger partial charge is 0.248 e. The van der Waals surface area contributed by atoms with E-state index in [1.54, 1.807) is 12.1 Å². The van der Waals surface area contributed by atoms with Crippen molar-refractivity contribution in [1.29, 1.82) is 0 Å². The lowest BCUT2D eigenvalue weighted by Gasteiger charge is -2.06. The van der Waals surface area contributed by atoms with Crippen LogP contribution in [-0.4, -0.2) is 5.91 Å². The number of hydrogen-bond acceptors (Lipinski definition) is 2. The second-order valence-electron chi connectivity index (χ2n) is 4.29. The van der Waals surface area contributed by atoms with Crippen molar-refractivity contribution in [2.45, 2.75) is 13.1 Å². The zero-order valence-electron chi connectivity index (χ0n) is 10.4. The second-order valence-corrected chi connectivity index (χ2v) is 4.73. The summed E-state index contributed by atoms with van der Waals surface area (Å²) in [4.78, 5) is 10.9. The Labute approximate surface area is 117 Å². The van der Waals surface area contributed by atoms with E-state index in [1.165, 1.54) is 0 Å². The number of primary amides is 1. The minimum atomic E-state index is -0.404. The molecule has 0 saturated carbocycles. The lowest BCUT2D eigenvalue weighted by atomic mass is 10.1. The van der Waals surface area contributed by atoms with Crippen LogP contribution in [0.3, 0.4) is 0 Å². The van der Waals surface area contributed by atoms with Gasteiger partial charge < -0.3 is 11.1 Å². The van der Waals surface area contributed by atoms with Crippen molar-refractivity contribution in [2.24, 2.45) is 5.73 Å². The fourth-order valence-corrected chi connectivity index (χ4v) is 2.00. The highest BCUT2D eigenvalue weighted by Crippen LogP contribution is 2.10. The van der Waals surface area contributed by atoms with Crippen LogP contribution in [0.25, 0.3) is 0 Å². The van der Waals surface area contributed by atoms with Crippen LogP contribution in [0, 0.1) is 0 Å². The lowest BCUT2D eigenvalue weighted by Crippen LogP contribution is -2.14. The molecule has 19 heavy (non-hydrogen) atoms. The van der Waals surface area contributed by atoms with E-state index in [9.17, 15) is 4.79 Å². The number of carbonyl (C=O) groups is 1. The van der Waals surface area contributed by atoms with Crippen molar-refractivity contribution < 1.29 is 4.79 Å². The third-order valence-corrected chi connectivity index (χ3v) is 3.02.